The summed E-state index contributed by atoms with van der Waals surface area (Å²) in [6.07, 6.45) is -0.312. The van der Waals surface area contributed by atoms with Crippen LogP contribution >= 0.6 is 15.9 Å². The van der Waals surface area contributed by atoms with Crippen LogP contribution in [0.25, 0.3) is 10.8 Å². The summed E-state index contributed by atoms with van der Waals surface area (Å²) in [7, 11) is 0. The van der Waals surface area contributed by atoms with Crippen molar-refractivity contribution in [3.8, 4) is 0 Å². The lowest BCUT2D eigenvalue weighted by Gasteiger charge is -2.31. The maximum atomic E-state index is 13.5. The van der Waals surface area contributed by atoms with Crippen LogP contribution in [0.1, 0.15) is 22.3 Å². The standard InChI is InChI=1S/C25H23BrN2O4/c26-20-7-8-22-21(14-20)25(31,24(30)28(22)16-27-9-11-32-12-10-27)15-23(29)19-6-5-17-3-1-2-4-18(17)13-19/h1-8,13-14,31H,9-12,15-16H2. The van der Waals surface area contributed by atoms with Crippen LogP contribution in [0.2, 0.25) is 0 Å². The summed E-state index contributed by atoms with van der Waals surface area (Å²) in [5.74, 6) is -0.739. The largest absolute Gasteiger partial charge is 0.379 e. The SMILES string of the molecule is O=C(CC1(O)C(=O)N(CN2CCOCC2)c2ccc(Br)cc21)c1ccc2ccccc2c1. The number of Topliss-reactive ketones (excluding diaryl/α,β-unsaturated/α-hetero) is 1. The molecule has 5 rings (SSSR count). The average molecular weight is 495 g/mol. The molecule has 3 aromatic carbocycles. The number of fused-ring (bicyclic) bond motifs is 2. The molecule has 6 nitrogen and oxygen atoms in total. The highest BCUT2D eigenvalue weighted by Gasteiger charge is 2.51. The number of morpholine rings is 1. The summed E-state index contributed by atoms with van der Waals surface area (Å²) < 4.78 is 6.15. The zero-order valence-corrected chi connectivity index (χ0v) is 19.0. The Labute approximate surface area is 194 Å². The van der Waals surface area contributed by atoms with Gasteiger partial charge in [-0.15, -0.1) is 0 Å². The van der Waals surface area contributed by atoms with E-state index in [1.807, 2.05) is 48.5 Å². The fourth-order valence-corrected chi connectivity index (χ4v) is 4.83. The molecule has 0 bridgehead atoms. The average Bonchev–Trinajstić information content (AvgIpc) is 3.00. The molecule has 2 aliphatic rings. The van der Waals surface area contributed by atoms with E-state index >= 15 is 0 Å². The minimum Gasteiger partial charge on any atom is -0.379 e. The Hall–Kier alpha value is -2.58. The molecule has 0 aromatic heterocycles. The molecule has 0 saturated carbocycles. The molecule has 1 amide bonds. The molecule has 3 aromatic rings. The van der Waals surface area contributed by atoms with Crippen LogP contribution in [0, 0.1) is 0 Å². The number of hydrogen-bond donors (Lipinski definition) is 1. The minimum atomic E-state index is -1.91. The lowest BCUT2D eigenvalue weighted by atomic mass is 9.88. The minimum absolute atomic E-state index is 0.272. The van der Waals surface area contributed by atoms with Crippen molar-refractivity contribution in [3.63, 3.8) is 0 Å². The van der Waals surface area contributed by atoms with Gasteiger partial charge in [-0.25, -0.2) is 0 Å². The molecule has 0 radical (unpaired) electrons. The summed E-state index contributed by atoms with van der Waals surface area (Å²) in [6, 6.07) is 18.6. The molecule has 1 atom stereocenters. The number of amides is 1. The van der Waals surface area contributed by atoms with Crippen LogP contribution < -0.4 is 4.90 Å². The number of hydrogen-bond acceptors (Lipinski definition) is 5. The molecule has 164 valence electrons. The van der Waals surface area contributed by atoms with E-state index in [-0.39, 0.29) is 12.2 Å². The Morgan fingerprint density at radius 2 is 1.78 bits per heavy atom. The van der Waals surface area contributed by atoms with Crippen molar-refractivity contribution in [1.29, 1.82) is 0 Å². The number of rotatable bonds is 5. The number of anilines is 1. The zero-order valence-electron chi connectivity index (χ0n) is 17.5. The van der Waals surface area contributed by atoms with Crippen LogP contribution in [0.3, 0.4) is 0 Å². The van der Waals surface area contributed by atoms with Gasteiger partial charge < -0.3 is 9.84 Å². The topological polar surface area (TPSA) is 70.1 Å². The molecule has 1 saturated heterocycles. The van der Waals surface area contributed by atoms with E-state index in [2.05, 4.69) is 20.8 Å². The van der Waals surface area contributed by atoms with Crippen molar-refractivity contribution < 1.29 is 19.4 Å². The van der Waals surface area contributed by atoms with Crippen molar-refractivity contribution in [2.45, 2.75) is 12.0 Å². The van der Waals surface area contributed by atoms with Gasteiger partial charge >= 0.3 is 0 Å². The first-order valence-electron chi connectivity index (χ1n) is 10.6. The van der Waals surface area contributed by atoms with Gasteiger partial charge in [0.05, 0.1) is 32.0 Å². The highest BCUT2D eigenvalue weighted by atomic mass is 79.9. The number of ether oxygens (including phenoxy) is 1. The maximum Gasteiger partial charge on any atom is 0.265 e. The first kappa shape index (κ1) is 21.3. The molecule has 2 heterocycles. The van der Waals surface area contributed by atoms with Gasteiger partial charge in [-0.2, -0.15) is 0 Å². The maximum absolute atomic E-state index is 13.5. The Morgan fingerprint density at radius 1 is 1.03 bits per heavy atom. The zero-order chi connectivity index (χ0) is 22.3. The third kappa shape index (κ3) is 3.75. The third-order valence-corrected chi connectivity index (χ3v) is 6.72. The third-order valence-electron chi connectivity index (χ3n) is 6.23. The van der Waals surface area contributed by atoms with Gasteiger partial charge in [0.1, 0.15) is 0 Å². The highest BCUT2D eigenvalue weighted by Crippen LogP contribution is 2.44. The van der Waals surface area contributed by atoms with Crippen molar-refractivity contribution >= 4 is 44.1 Å². The monoisotopic (exact) mass is 494 g/mol. The number of benzene rings is 3. The summed E-state index contributed by atoms with van der Waals surface area (Å²) in [4.78, 5) is 30.4. The molecule has 0 spiro atoms. The quantitative estimate of drug-likeness (QED) is 0.547. The van der Waals surface area contributed by atoms with Crippen molar-refractivity contribution in [2.75, 3.05) is 37.9 Å². The second kappa shape index (κ2) is 8.41. The van der Waals surface area contributed by atoms with Crippen molar-refractivity contribution in [3.05, 3.63) is 76.3 Å². The number of halogens is 1. The first-order valence-corrected chi connectivity index (χ1v) is 11.4. The highest BCUT2D eigenvalue weighted by molar-refractivity contribution is 9.10. The number of ketones is 1. The van der Waals surface area contributed by atoms with Crippen molar-refractivity contribution in [2.24, 2.45) is 0 Å². The summed E-state index contributed by atoms with van der Waals surface area (Å²) in [6.45, 7) is 3.00. The summed E-state index contributed by atoms with van der Waals surface area (Å²) in [5, 5.41) is 13.6. The molecule has 32 heavy (non-hydrogen) atoms. The van der Waals surface area contributed by atoms with E-state index in [1.54, 1.807) is 17.0 Å². The molecule has 1 N–H and O–H groups in total. The van der Waals surface area contributed by atoms with Gasteiger partial charge in [-0.1, -0.05) is 52.3 Å². The normalized spacial score (nSPS) is 21.2. The molecule has 7 heteroatoms. The van der Waals surface area contributed by atoms with E-state index in [1.165, 1.54) is 0 Å². The van der Waals surface area contributed by atoms with E-state index in [0.717, 1.165) is 15.2 Å². The lowest BCUT2D eigenvalue weighted by Crippen LogP contribution is -2.49. The summed E-state index contributed by atoms with van der Waals surface area (Å²) >= 11 is 3.44. The van der Waals surface area contributed by atoms with Crippen molar-refractivity contribution in [1.82, 2.24) is 4.90 Å². The second-order valence-corrected chi connectivity index (χ2v) is 9.20. The predicted octanol–water partition coefficient (Wildman–Crippen LogP) is 3.70. The fourth-order valence-electron chi connectivity index (χ4n) is 4.47. The first-order chi connectivity index (χ1) is 15.5. The molecule has 0 aliphatic carbocycles. The molecule has 1 unspecified atom stereocenters. The van der Waals surface area contributed by atoms with E-state index in [4.69, 9.17) is 4.74 Å². The van der Waals surface area contributed by atoms with Gasteiger partial charge in [-0.3, -0.25) is 19.4 Å². The van der Waals surface area contributed by atoms with Crippen LogP contribution in [0.15, 0.2) is 65.1 Å². The van der Waals surface area contributed by atoms with Crippen LogP contribution in [-0.2, 0) is 15.1 Å². The Morgan fingerprint density at radius 3 is 2.56 bits per heavy atom. The van der Waals surface area contributed by atoms with Crippen LogP contribution in [-0.4, -0.2) is 54.7 Å². The molecular formula is C25H23BrN2O4. The fraction of sp³-hybridized carbons (Fsp3) is 0.280. The Balaban J connectivity index is 1.47. The van der Waals surface area contributed by atoms with Gasteiger partial charge in [0, 0.05) is 28.7 Å². The lowest BCUT2D eigenvalue weighted by molar-refractivity contribution is -0.136. The smallest absolute Gasteiger partial charge is 0.265 e. The number of nitrogens with zero attached hydrogens (tertiary/aromatic N) is 2. The predicted molar refractivity (Wildman–Crippen MR) is 126 cm³/mol. The van der Waals surface area contributed by atoms with Gasteiger partial charge in [0.2, 0.25) is 0 Å². The van der Waals surface area contributed by atoms with E-state index in [0.29, 0.717) is 49.8 Å². The van der Waals surface area contributed by atoms with E-state index in [9.17, 15) is 14.7 Å². The molecular weight excluding hydrogens is 472 g/mol. The number of carbonyl (C=O) groups is 2. The Kier molecular flexibility index (Phi) is 5.59. The van der Waals surface area contributed by atoms with Gasteiger partial charge in [-0.05, 0) is 35.0 Å². The molecule has 2 aliphatic heterocycles. The Bertz CT molecular complexity index is 1210. The number of aliphatic hydroxyl groups is 1. The second-order valence-electron chi connectivity index (χ2n) is 8.29. The van der Waals surface area contributed by atoms with Crippen LogP contribution in [0.4, 0.5) is 5.69 Å². The molecule has 1 fully saturated rings. The van der Waals surface area contributed by atoms with Gasteiger partial charge in [0.25, 0.3) is 5.91 Å². The van der Waals surface area contributed by atoms with Crippen LogP contribution in [0.5, 0.6) is 0 Å². The summed E-state index contributed by atoms with van der Waals surface area (Å²) in [5.41, 5.74) is -0.334. The van der Waals surface area contributed by atoms with E-state index < -0.39 is 11.5 Å². The van der Waals surface area contributed by atoms with Gasteiger partial charge in [0.15, 0.2) is 11.4 Å². The number of carbonyl (C=O) groups excluding carboxylic acids is 2.